The maximum Gasteiger partial charge on any atom is 0.348 e. The number of carbonyl (C=O) groups is 1. The molecule has 0 bridgehead atoms. The molecule has 0 radical (unpaired) electrons. The molecular formula is C20H29N2O2+. The Kier molecular flexibility index (Phi) is 4.93. The van der Waals surface area contributed by atoms with Crippen molar-refractivity contribution in [1.82, 2.24) is 4.57 Å². The van der Waals surface area contributed by atoms with Crippen LogP contribution < -0.4 is 4.57 Å². The van der Waals surface area contributed by atoms with Gasteiger partial charge < -0.3 is 4.74 Å². The van der Waals surface area contributed by atoms with E-state index in [1.165, 1.54) is 6.42 Å². The van der Waals surface area contributed by atoms with Crippen LogP contribution in [-0.4, -0.2) is 16.6 Å². The zero-order valence-corrected chi connectivity index (χ0v) is 15.2. The van der Waals surface area contributed by atoms with E-state index in [4.69, 9.17) is 4.74 Å². The van der Waals surface area contributed by atoms with Crippen molar-refractivity contribution in [3.8, 4) is 0 Å². The Morgan fingerprint density at radius 2 is 2.08 bits per heavy atom. The van der Waals surface area contributed by atoms with Crippen LogP contribution in [0.25, 0.3) is 11.0 Å². The van der Waals surface area contributed by atoms with Gasteiger partial charge in [0.15, 0.2) is 17.6 Å². The fourth-order valence-electron chi connectivity index (χ4n) is 4.06. The van der Waals surface area contributed by atoms with Gasteiger partial charge in [0.1, 0.15) is 6.10 Å². The monoisotopic (exact) mass is 329 g/mol. The second kappa shape index (κ2) is 6.96. The molecular weight excluding hydrogens is 300 g/mol. The molecule has 0 spiro atoms. The van der Waals surface area contributed by atoms with Crippen LogP contribution in [-0.2, 0) is 23.1 Å². The Morgan fingerprint density at radius 1 is 1.33 bits per heavy atom. The lowest BCUT2D eigenvalue weighted by molar-refractivity contribution is -0.645. The lowest BCUT2D eigenvalue weighted by Gasteiger charge is -2.36. The lowest BCUT2D eigenvalue weighted by atomic mass is 9.75. The van der Waals surface area contributed by atoms with Gasteiger partial charge in [0.05, 0.1) is 7.05 Å². The first-order valence-corrected chi connectivity index (χ1v) is 9.08. The van der Waals surface area contributed by atoms with Crippen LogP contribution in [0.1, 0.15) is 40.0 Å². The predicted octanol–water partition coefficient (Wildman–Crippen LogP) is 3.47. The third-order valence-corrected chi connectivity index (χ3v) is 5.43. The number of esters is 1. The Labute approximate surface area is 144 Å². The number of rotatable bonds is 4. The highest BCUT2D eigenvalue weighted by Crippen LogP contribution is 2.35. The number of ether oxygens (including phenoxy) is 1. The maximum absolute atomic E-state index is 12.6. The number of nitrogens with zero attached hydrogens (tertiary/aromatic N) is 2. The number of hydrogen-bond acceptors (Lipinski definition) is 2. The summed E-state index contributed by atoms with van der Waals surface area (Å²) in [6.07, 6.45) is 5.44. The maximum atomic E-state index is 12.6. The van der Waals surface area contributed by atoms with Gasteiger partial charge in [-0.1, -0.05) is 39.3 Å². The molecule has 1 aliphatic carbocycles. The lowest BCUT2D eigenvalue weighted by Crippen LogP contribution is -2.36. The summed E-state index contributed by atoms with van der Waals surface area (Å²) in [6.45, 7) is 7.01. The van der Waals surface area contributed by atoms with Crippen molar-refractivity contribution in [1.29, 1.82) is 0 Å². The van der Waals surface area contributed by atoms with E-state index in [-0.39, 0.29) is 18.6 Å². The highest BCUT2D eigenvalue weighted by Gasteiger charge is 2.33. The Balaban J connectivity index is 1.72. The number of imidazole rings is 1. The van der Waals surface area contributed by atoms with Crippen LogP contribution >= 0.6 is 0 Å². The molecule has 0 saturated heterocycles. The number of para-hydroxylation sites is 2. The molecule has 3 atom stereocenters. The van der Waals surface area contributed by atoms with Crippen LogP contribution in [0.4, 0.5) is 0 Å². The van der Waals surface area contributed by atoms with Crippen LogP contribution in [0, 0.1) is 17.8 Å². The van der Waals surface area contributed by atoms with Crippen molar-refractivity contribution in [2.24, 2.45) is 24.8 Å². The molecule has 130 valence electrons. The summed E-state index contributed by atoms with van der Waals surface area (Å²) in [5, 5.41) is 0. The summed E-state index contributed by atoms with van der Waals surface area (Å²) in [7, 11) is 2.00. The van der Waals surface area contributed by atoms with Crippen molar-refractivity contribution >= 4 is 17.0 Å². The minimum atomic E-state index is -0.124. The topological polar surface area (TPSA) is 35.1 Å². The standard InChI is InChI=1S/C20H29N2O2/c1-14(2)16-10-9-15(3)11-19(16)24-20(23)12-22-13-21(4)17-7-5-6-8-18(17)22/h5-8,13-16,19H,9-12H2,1-4H3/q+1/t15-,16-,19+/m0/s1. The van der Waals surface area contributed by atoms with Gasteiger partial charge in [-0.15, -0.1) is 0 Å². The van der Waals surface area contributed by atoms with E-state index in [0.717, 1.165) is 23.9 Å². The first-order chi connectivity index (χ1) is 11.5. The van der Waals surface area contributed by atoms with Gasteiger partial charge in [0, 0.05) is 0 Å². The highest BCUT2D eigenvalue weighted by atomic mass is 16.5. The minimum absolute atomic E-state index is 0.0665. The zero-order valence-electron chi connectivity index (χ0n) is 15.2. The summed E-state index contributed by atoms with van der Waals surface area (Å²) in [4.78, 5) is 12.6. The van der Waals surface area contributed by atoms with Crippen molar-refractivity contribution in [2.45, 2.75) is 52.7 Å². The molecule has 0 aliphatic heterocycles. The Bertz CT molecular complexity index is 719. The van der Waals surface area contributed by atoms with Crippen molar-refractivity contribution < 1.29 is 14.1 Å². The Hall–Kier alpha value is -1.84. The first-order valence-electron chi connectivity index (χ1n) is 9.08. The molecule has 1 aliphatic rings. The minimum Gasteiger partial charge on any atom is -0.459 e. The number of carbonyl (C=O) groups excluding carboxylic acids is 1. The van der Waals surface area contributed by atoms with Crippen molar-refractivity contribution in [3.63, 3.8) is 0 Å². The fraction of sp³-hybridized carbons (Fsp3) is 0.600. The van der Waals surface area contributed by atoms with Crippen LogP contribution in [0.3, 0.4) is 0 Å². The van der Waals surface area contributed by atoms with Crippen LogP contribution in [0.2, 0.25) is 0 Å². The fourth-order valence-corrected chi connectivity index (χ4v) is 4.06. The van der Waals surface area contributed by atoms with Gasteiger partial charge in [0.2, 0.25) is 6.33 Å². The number of aromatic nitrogens is 2. The van der Waals surface area contributed by atoms with E-state index in [9.17, 15) is 4.79 Å². The van der Waals surface area contributed by atoms with Gasteiger partial charge in [-0.05, 0) is 42.7 Å². The summed E-state index contributed by atoms with van der Waals surface area (Å²) in [6, 6.07) is 8.13. The number of aryl methyl sites for hydroxylation is 1. The highest BCUT2D eigenvalue weighted by molar-refractivity contribution is 5.75. The molecule has 1 heterocycles. The molecule has 3 rings (SSSR count). The van der Waals surface area contributed by atoms with Gasteiger partial charge in [0.25, 0.3) is 0 Å². The molecule has 2 aromatic rings. The van der Waals surface area contributed by atoms with Crippen LogP contribution in [0.15, 0.2) is 30.6 Å². The molecule has 0 unspecified atom stereocenters. The third-order valence-electron chi connectivity index (χ3n) is 5.43. The molecule has 1 saturated carbocycles. The van der Waals surface area contributed by atoms with Gasteiger partial charge in [-0.2, -0.15) is 0 Å². The van der Waals surface area contributed by atoms with E-state index in [2.05, 4.69) is 26.8 Å². The first kappa shape index (κ1) is 17.0. The van der Waals surface area contributed by atoms with E-state index in [0.29, 0.717) is 17.8 Å². The number of fused-ring (bicyclic) bond motifs is 1. The second-order valence-corrected chi connectivity index (χ2v) is 7.70. The molecule has 4 heteroatoms. The number of hydrogen-bond donors (Lipinski definition) is 0. The van der Waals surface area contributed by atoms with Crippen molar-refractivity contribution in [2.75, 3.05) is 0 Å². The molecule has 0 N–H and O–H groups in total. The quantitative estimate of drug-likeness (QED) is 0.636. The SMILES string of the molecule is CC(C)[C@@H]1CC[C@H](C)C[C@H]1OC(=O)Cn1c[n+](C)c2ccccc21. The van der Waals surface area contributed by atoms with E-state index in [1.54, 1.807) is 0 Å². The summed E-state index contributed by atoms with van der Waals surface area (Å²) >= 11 is 0. The average molecular weight is 329 g/mol. The van der Waals surface area contributed by atoms with E-state index >= 15 is 0 Å². The molecule has 0 amide bonds. The van der Waals surface area contributed by atoms with E-state index < -0.39 is 0 Å². The second-order valence-electron chi connectivity index (χ2n) is 7.70. The Morgan fingerprint density at radius 3 is 2.83 bits per heavy atom. The van der Waals surface area contributed by atoms with Crippen LogP contribution in [0.5, 0.6) is 0 Å². The zero-order chi connectivity index (χ0) is 17.3. The number of benzene rings is 1. The van der Waals surface area contributed by atoms with Gasteiger partial charge in [-0.25, -0.2) is 13.9 Å². The summed E-state index contributed by atoms with van der Waals surface area (Å²) < 4.78 is 9.95. The summed E-state index contributed by atoms with van der Waals surface area (Å²) in [5.41, 5.74) is 2.19. The normalized spacial score (nSPS) is 24.5. The summed E-state index contributed by atoms with van der Waals surface area (Å²) in [5.74, 6) is 1.56. The molecule has 24 heavy (non-hydrogen) atoms. The smallest absolute Gasteiger partial charge is 0.348 e. The molecule has 1 fully saturated rings. The van der Waals surface area contributed by atoms with E-state index in [1.807, 2.05) is 40.7 Å². The average Bonchev–Trinajstić information content (AvgIpc) is 2.83. The van der Waals surface area contributed by atoms with Crippen molar-refractivity contribution in [3.05, 3.63) is 30.6 Å². The van der Waals surface area contributed by atoms with Gasteiger partial charge >= 0.3 is 5.97 Å². The predicted molar refractivity (Wildman–Crippen MR) is 94.3 cm³/mol. The largest absolute Gasteiger partial charge is 0.459 e. The molecule has 1 aromatic heterocycles. The molecule has 4 nitrogen and oxygen atoms in total. The third kappa shape index (κ3) is 3.47. The van der Waals surface area contributed by atoms with Gasteiger partial charge in [-0.3, -0.25) is 0 Å². The molecule has 1 aromatic carbocycles.